The van der Waals surface area contributed by atoms with Gasteiger partial charge in [0.05, 0.1) is 10.3 Å². The van der Waals surface area contributed by atoms with Crippen LogP contribution >= 0.6 is 0 Å². The van der Waals surface area contributed by atoms with Gasteiger partial charge in [-0.2, -0.15) is 4.31 Å². The molecule has 1 aliphatic rings. The van der Waals surface area contributed by atoms with E-state index < -0.39 is 31.9 Å². The lowest BCUT2D eigenvalue weighted by Crippen LogP contribution is -2.54. The first-order chi connectivity index (χ1) is 14.1. The van der Waals surface area contributed by atoms with Crippen LogP contribution in [0, 0.1) is 15.9 Å². The molecule has 0 aromatic heterocycles. The number of nitrogens with zero attached hydrogens (tertiary/aromatic N) is 3. The summed E-state index contributed by atoms with van der Waals surface area (Å²) in [5.41, 5.74) is -1.34. The number of carbonyl (C=O) groups is 1. The van der Waals surface area contributed by atoms with Crippen molar-refractivity contribution in [2.24, 2.45) is 0 Å². The van der Waals surface area contributed by atoms with Crippen LogP contribution in [0.5, 0.6) is 0 Å². The lowest BCUT2D eigenvalue weighted by Gasteiger charge is -2.38. The average molecular weight is 435 g/mol. The molecule has 1 fully saturated rings. The summed E-state index contributed by atoms with van der Waals surface area (Å²) in [5.74, 6) is -0.788. The van der Waals surface area contributed by atoms with E-state index in [1.165, 1.54) is 29.2 Å². The number of nitro groups is 1. The topological polar surface area (TPSA) is 101 Å². The number of benzene rings is 2. The first-order valence-corrected chi connectivity index (χ1v) is 10.8. The molecule has 0 radical (unpaired) electrons. The summed E-state index contributed by atoms with van der Waals surface area (Å²) in [5, 5.41) is 11.2. The lowest BCUT2D eigenvalue weighted by molar-refractivity contribution is -0.387. The maximum absolute atomic E-state index is 14.2. The van der Waals surface area contributed by atoms with Gasteiger partial charge < -0.3 is 4.90 Å². The molecule has 3 rings (SSSR count). The van der Waals surface area contributed by atoms with Gasteiger partial charge in [-0.05, 0) is 26.0 Å². The SMILES string of the molecule is CC(C)(C(=O)N1CCN(S(=O)(=O)c2ccccc2[N+](=O)[O-])CC1)c1ccccc1F. The van der Waals surface area contributed by atoms with E-state index in [0.29, 0.717) is 0 Å². The van der Waals surface area contributed by atoms with Crippen LogP contribution < -0.4 is 0 Å². The smallest absolute Gasteiger partial charge is 0.289 e. The molecule has 0 N–H and O–H groups in total. The fourth-order valence-electron chi connectivity index (χ4n) is 3.58. The predicted octanol–water partition coefficient (Wildman–Crippen LogP) is 2.54. The minimum Gasteiger partial charge on any atom is -0.339 e. The summed E-state index contributed by atoms with van der Waals surface area (Å²) < 4.78 is 41.2. The maximum atomic E-state index is 14.2. The number of sulfonamides is 1. The normalized spacial score (nSPS) is 15.8. The second-order valence-electron chi connectivity index (χ2n) is 7.53. The molecule has 0 unspecified atom stereocenters. The molecule has 8 nitrogen and oxygen atoms in total. The number of piperazine rings is 1. The highest BCUT2D eigenvalue weighted by atomic mass is 32.2. The van der Waals surface area contributed by atoms with Crippen molar-refractivity contribution in [1.82, 2.24) is 9.21 Å². The Balaban J connectivity index is 1.77. The number of nitro benzene ring substituents is 1. The molecule has 30 heavy (non-hydrogen) atoms. The number of halogens is 1. The molecule has 0 bridgehead atoms. The molecule has 0 aliphatic carbocycles. The highest BCUT2D eigenvalue weighted by molar-refractivity contribution is 7.89. The van der Waals surface area contributed by atoms with Crippen molar-refractivity contribution in [3.05, 3.63) is 70.0 Å². The van der Waals surface area contributed by atoms with Crippen LogP contribution in [0.3, 0.4) is 0 Å². The number of carbonyl (C=O) groups excluding carboxylic acids is 1. The fourth-order valence-corrected chi connectivity index (χ4v) is 5.15. The van der Waals surface area contributed by atoms with E-state index >= 15 is 0 Å². The zero-order chi connectivity index (χ0) is 22.1. The largest absolute Gasteiger partial charge is 0.339 e. The van der Waals surface area contributed by atoms with Crippen molar-refractivity contribution >= 4 is 21.6 Å². The molecule has 1 heterocycles. The summed E-state index contributed by atoms with van der Waals surface area (Å²) in [6.45, 7) is 3.46. The summed E-state index contributed by atoms with van der Waals surface area (Å²) in [7, 11) is -4.09. The van der Waals surface area contributed by atoms with E-state index in [4.69, 9.17) is 0 Å². The van der Waals surface area contributed by atoms with Crippen molar-refractivity contribution in [1.29, 1.82) is 0 Å². The number of hydrogen-bond donors (Lipinski definition) is 0. The summed E-state index contributed by atoms with van der Waals surface area (Å²) >= 11 is 0. The number of hydrogen-bond acceptors (Lipinski definition) is 5. The van der Waals surface area contributed by atoms with E-state index in [0.717, 1.165) is 10.4 Å². The first kappa shape index (κ1) is 21.8. The van der Waals surface area contributed by atoms with Gasteiger partial charge in [-0.25, -0.2) is 12.8 Å². The van der Waals surface area contributed by atoms with Gasteiger partial charge in [0.2, 0.25) is 15.9 Å². The first-order valence-electron chi connectivity index (χ1n) is 9.35. The van der Waals surface area contributed by atoms with Gasteiger partial charge in [-0.3, -0.25) is 14.9 Å². The van der Waals surface area contributed by atoms with Crippen molar-refractivity contribution in [2.75, 3.05) is 26.2 Å². The molecule has 2 aromatic rings. The third kappa shape index (κ3) is 3.92. The van der Waals surface area contributed by atoms with E-state index in [-0.39, 0.29) is 42.5 Å². The van der Waals surface area contributed by atoms with Gasteiger partial charge in [0.1, 0.15) is 5.82 Å². The quantitative estimate of drug-likeness (QED) is 0.531. The van der Waals surface area contributed by atoms with Crippen LogP contribution in [-0.2, 0) is 20.2 Å². The summed E-state index contributed by atoms with van der Waals surface area (Å²) in [4.78, 5) is 24.6. The average Bonchev–Trinajstić information content (AvgIpc) is 2.73. The molecule has 0 spiro atoms. The van der Waals surface area contributed by atoms with Gasteiger partial charge in [0.25, 0.3) is 5.69 Å². The van der Waals surface area contributed by atoms with Gasteiger partial charge in [0, 0.05) is 37.8 Å². The molecule has 10 heteroatoms. The summed E-state index contributed by atoms with van der Waals surface area (Å²) in [6, 6.07) is 11.2. The zero-order valence-corrected chi connectivity index (χ0v) is 17.4. The van der Waals surface area contributed by atoms with Crippen LogP contribution in [0.25, 0.3) is 0 Å². The summed E-state index contributed by atoms with van der Waals surface area (Å²) in [6.07, 6.45) is 0. The van der Waals surface area contributed by atoms with Gasteiger partial charge >= 0.3 is 0 Å². The Morgan fingerprint density at radius 2 is 1.60 bits per heavy atom. The van der Waals surface area contributed by atoms with E-state index in [1.54, 1.807) is 32.0 Å². The van der Waals surface area contributed by atoms with Gasteiger partial charge in [-0.15, -0.1) is 0 Å². The minimum atomic E-state index is -4.09. The monoisotopic (exact) mass is 435 g/mol. The van der Waals surface area contributed by atoms with Crippen molar-refractivity contribution < 1.29 is 22.5 Å². The van der Waals surface area contributed by atoms with Crippen LogP contribution in [0.15, 0.2) is 53.4 Å². The Morgan fingerprint density at radius 3 is 2.20 bits per heavy atom. The molecule has 1 saturated heterocycles. The highest BCUT2D eigenvalue weighted by Gasteiger charge is 2.39. The highest BCUT2D eigenvalue weighted by Crippen LogP contribution is 2.30. The fraction of sp³-hybridized carbons (Fsp3) is 0.350. The van der Waals surface area contributed by atoms with E-state index in [9.17, 15) is 27.7 Å². The van der Waals surface area contributed by atoms with Crippen molar-refractivity contribution in [3.63, 3.8) is 0 Å². The van der Waals surface area contributed by atoms with Crippen LogP contribution in [-0.4, -0.2) is 54.6 Å². The third-order valence-corrected chi connectivity index (χ3v) is 7.23. The second-order valence-corrected chi connectivity index (χ2v) is 9.43. The predicted molar refractivity (Wildman–Crippen MR) is 108 cm³/mol. The van der Waals surface area contributed by atoms with Crippen molar-refractivity contribution in [2.45, 2.75) is 24.2 Å². The Kier molecular flexibility index (Phi) is 5.91. The van der Waals surface area contributed by atoms with Crippen LogP contribution in [0.2, 0.25) is 0 Å². The molecular weight excluding hydrogens is 413 g/mol. The van der Waals surface area contributed by atoms with Crippen LogP contribution in [0.1, 0.15) is 19.4 Å². The third-order valence-electron chi connectivity index (χ3n) is 5.29. The maximum Gasteiger partial charge on any atom is 0.289 e. The second kappa shape index (κ2) is 8.11. The van der Waals surface area contributed by atoms with E-state index in [1.807, 2.05) is 0 Å². The molecule has 1 amide bonds. The molecular formula is C20H22FN3O5S. The lowest BCUT2D eigenvalue weighted by atomic mass is 9.82. The number of amides is 1. The van der Waals surface area contributed by atoms with E-state index in [2.05, 4.69) is 0 Å². The Bertz CT molecular complexity index is 1080. The molecule has 1 aliphatic heterocycles. The number of rotatable bonds is 5. The molecule has 2 aromatic carbocycles. The standard InChI is InChI=1S/C20H22FN3O5S/c1-20(2,15-7-3-4-8-16(15)21)19(25)22-11-13-23(14-12-22)30(28,29)18-10-6-5-9-17(18)24(26)27/h3-10H,11-14H2,1-2H3. The van der Waals surface area contributed by atoms with Crippen LogP contribution in [0.4, 0.5) is 10.1 Å². The molecule has 0 atom stereocenters. The minimum absolute atomic E-state index is 0.00647. The Hall–Kier alpha value is -2.85. The van der Waals surface area contributed by atoms with Crippen molar-refractivity contribution in [3.8, 4) is 0 Å². The molecule has 0 saturated carbocycles. The molecule has 160 valence electrons. The Labute approximate surface area is 174 Å². The Morgan fingerprint density at radius 1 is 1.03 bits per heavy atom. The van der Waals surface area contributed by atoms with Gasteiger partial charge in [0.15, 0.2) is 4.90 Å². The number of para-hydroxylation sites is 1. The zero-order valence-electron chi connectivity index (χ0n) is 16.6. The van der Waals surface area contributed by atoms with Gasteiger partial charge in [-0.1, -0.05) is 30.3 Å².